The fourth-order valence-corrected chi connectivity index (χ4v) is 7.08. The number of aliphatic hydroxyl groups is 1. The second-order valence-corrected chi connectivity index (χ2v) is 13.2. The van der Waals surface area contributed by atoms with Crippen LogP contribution >= 0.6 is 0 Å². The second-order valence-electron chi connectivity index (χ2n) is 13.2. The lowest BCUT2D eigenvalue weighted by Gasteiger charge is -2.33. The molecule has 240 valence electrons. The molecule has 2 saturated carbocycles. The quantitative estimate of drug-likeness (QED) is 0.193. The van der Waals surface area contributed by atoms with E-state index in [-0.39, 0.29) is 17.7 Å². The summed E-state index contributed by atoms with van der Waals surface area (Å²) in [5, 5.41) is 19.3. The smallest absolute Gasteiger partial charge is 0.387 e. The molecule has 0 saturated heterocycles. The molecule has 2 aliphatic carbocycles. The first-order valence-electron chi connectivity index (χ1n) is 16.5. The number of ether oxygens (including phenoxy) is 1. The molecular formula is C36H41N5O5. The number of aryl methyl sites for hydroxylation is 1. The van der Waals surface area contributed by atoms with Gasteiger partial charge in [-0.2, -0.15) is 5.10 Å². The van der Waals surface area contributed by atoms with Crippen molar-refractivity contribution in [3.05, 3.63) is 98.5 Å². The highest BCUT2D eigenvalue weighted by Crippen LogP contribution is 2.40. The normalized spacial score (nSPS) is 19.8. The standard InChI is InChI=1S/C36H41N5O5/c1-3-6-31-30(21-23-9-11-24(12-10-23)28-7-4-5-8-29(28)33-38-35(43)46-39-33)34(42)40(32-19-20-37-41(31)32)26-15-17-27(18-16-26)45-22-36(2,44)25-13-14-25/h4-5,7-12,19-20,25-27,44H,3,6,13-18,21-22H2,1-2H3,(H,38,39,43)/t26-,27-,36?. The number of H-pyrrole nitrogens is 1. The lowest BCUT2D eigenvalue weighted by Crippen LogP contribution is -2.37. The Balaban J connectivity index is 1.15. The average Bonchev–Trinajstić information content (AvgIpc) is 3.69. The van der Waals surface area contributed by atoms with Crippen LogP contribution in [0.2, 0.25) is 0 Å². The zero-order valence-corrected chi connectivity index (χ0v) is 26.4. The maximum Gasteiger partial charge on any atom is 0.439 e. The summed E-state index contributed by atoms with van der Waals surface area (Å²) < 4.78 is 14.9. The van der Waals surface area contributed by atoms with Crippen LogP contribution in [0.25, 0.3) is 28.2 Å². The number of nitrogens with zero attached hydrogens (tertiary/aromatic N) is 4. The maximum atomic E-state index is 14.4. The Morgan fingerprint density at radius 1 is 1.00 bits per heavy atom. The van der Waals surface area contributed by atoms with E-state index < -0.39 is 11.4 Å². The molecule has 3 heterocycles. The van der Waals surface area contributed by atoms with Crippen molar-refractivity contribution in [2.24, 2.45) is 5.92 Å². The molecule has 0 bridgehead atoms. The number of hydrogen-bond donors (Lipinski definition) is 2. The Morgan fingerprint density at radius 2 is 1.74 bits per heavy atom. The van der Waals surface area contributed by atoms with E-state index >= 15 is 0 Å². The molecular weight excluding hydrogens is 582 g/mol. The van der Waals surface area contributed by atoms with Gasteiger partial charge in [-0.1, -0.05) is 67.0 Å². The lowest BCUT2D eigenvalue weighted by atomic mass is 9.91. The van der Waals surface area contributed by atoms with Crippen molar-refractivity contribution in [2.45, 2.75) is 89.4 Å². The van der Waals surface area contributed by atoms with Crippen LogP contribution in [0, 0.1) is 5.92 Å². The van der Waals surface area contributed by atoms with E-state index in [1.165, 1.54) is 0 Å². The van der Waals surface area contributed by atoms with Crippen LogP contribution in [-0.4, -0.2) is 47.7 Å². The number of aromatic amines is 1. The van der Waals surface area contributed by atoms with Crippen molar-refractivity contribution in [1.29, 1.82) is 0 Å². The van der Waals surface area contributed by atoms with E-state index in [0.29, 0.717) is 24.8 Å². The van der Waals surface area contributed by atoms with Crippen molar-refractivity contribution in [3.63, 3.8) is 0 Å². The van der Waals surface area contributed by atoms with Crippen LogP contribution in [0.3, 0.4) is 0 Å². The van der Waals surface area contributed by atoms with Crippen LogP contribution in [-0.2, 0) is 17.6 Å². The van der Waals surface area contributed by atoms with E-state index in [9.17, 15) is 14.7 Å². The van der Waals surface area contributed by atoms with Crippen molar-refractivity contribution >= 4 is 5.65 Å². The third-order valence-electron chi connectivity index (χ3n) is 9.78. The van der Waals surface area contributed by atoms with Gasteiger partial charge in [0, 0.05) is 29.7 Å². The van der Waals surface area contributed by atoms with Crippen molar-refractivity contribution < 1.29 is 14.4 Å². The van der Waals surface area contributed by atoms with Gasteiger partial charge in [-0.15, -0.1) is 0 Å². The summed E-state index contributed by atoms with van der Waals surface area (Å²) in [6, 6.07) is 17.9. The van der Waals surface area contributed by atoms with Crippen LogP contribution < -0.4 is 11.3 Å². The molecule has 3 aromatic heterocycles. The van der Waals surface area contributed by atoms with E-state index in [0.717, 1.165) is 90.5 Å². The number of nitrogens with one attached hydrogen (secondary N) is 1. The van der Waals surface area contributed by atoms with Crippen LogP contribution in [0.1, 0.15) is 81.7 Å². The highest BCUT2D eigenvalue weighted by molar-refractivity contribution is 5.80. The monoisotopic (exact) mass is 623 g/mol. The van der Waals surface area contributed by atoms with Gasteiger partial charge in [0.2, 0.25) is 0 Å². The number of benzene rings is 2. The summed E-state index contributed by atoms with van der Waals surface area (Å²) in [7, 11) is 0. The minimum atomic E-state index is -0.750. The number of fused-ring (bicyclic) bond motifs is 1. The molecule has 10 heteroatoms. The topological polar surface area (TPSA) is 128 Å². The Morgan fingerprint density at radius 3 is 2.41 bits per heavy atom. The number of aromatic nitrogens is 5. The maximum absolute atomic E-state index is 14.4. The first-order valence-corrected chi connectivity index (χ1v) is 16.5. The predicted octanol–water partition coefficient (Wildman–Crippen LogP) is 5.71. The predicted molar refractivity (Wildman–Crippen MR) is 175 cm³/mol. The largest absolute Gasteiger partial charge is 0.439 e. The Kier molecular flexibility index (Phi) is 8.25. The SMILES string of the molecule is CCCc1c(Cc2ccc(-c3ccccc3-c3noc(=O)[nH]3)cc2)c(=O)n([C@H]2CC[C@H](OCC(C)(O)C3CC3)CC2)c2ccnn12. The fraction of sp³-hybridized carbons (Fsp3) is 0.444. The summed E-state index contributed by atoms with van der Waals surface area (Å²) in [5.74, 6) is 0.144. The highest BCUT2D eigenvalue weighted by atomic mass is 16.5. The van der Waals surface area contributed by atoms with Crippen molar-refractivity contribution in [2.75, 3.05) is 6.61 Å². The van der Waals surface area contributed by atoms with Gasteiger partial charge in [-0.25, -0.2) is 9.31 Å². The molecule has 1 atom stereocenters. The zero-order valence-electron chi connectivity index (χ0n) is 26.4. The molecule has 46 heavy (non-hydrogen) atoms. The van der Waals surface area contributed by atoms with E-state index in [4.69, 9.17) is 9.26 Å². The average molecular weight is 624 g/mol. The molecule has 2 aromatic carbocycles. The third kappa shape index (κ3) is 5.99. The van der Waals surface area contributed by atoms with Gasteiger partial charge in [0.15, 0.2) is 5.82 Å². The van der Waals surface area contributed by atoms with Crippen LogP contribution in [0.4, 0.5) is 0 Å². The van der Waals surface area contributed by atoms with E-state index in [2.05, 4.69) is 34.3 Å². The van der Waals surface area contributed by atoms with Gasteiger partial charge in [-0.3, -0.25) is 18.9 Å². The Hall–Kier alpha value is -4.28. The Bertz CT molecular complexity index is 1940. The summed E-state index contributed by atoms with van der Waals surface area (Å²) in [4.78, 5) is 28.6. The minimum absolute atomic E-state index is 0.0573. The zero-order chi connectivity index (χ0) is 31.8. The van der Waals surface area contributed by atoms with Gasteiger partial charge < -0.3 is 9.84 Å². The Labute approximate surface area is 267 Å². The molecule has 7 rings (SSSR count). The first-order chi connectivity index (χ1) is 22.3. The van der Waals surface area contributed by atoms with Crippen LogP contribution in [0.5, 0.6) is 0 Å². The molecule has 2 N–H and O–H groups in total. The van der Waals surface area contributed by atoms with Gasteiger partial charge in [0.25, 0.3) is 5.56 Å². The van der Waals surface area contributed by atoms with Gasteiger partial charge >= 0.3 is 5.76 Å². The summed E-state index contributed by atoms with van der Waals surface area (Å²) in [6.07, 6.45) is 9.60. The molecule has 0 aliphatic heterocycles. The summed E-state index contributed by atoms with van der Waals surface area (Å²) >= 11 is 0. The molecule has 1 unspecified atom stereocenters. The van der Waals surface area contributed by atoms with Crippen molar-refractivity contribution in [1.82, 2.24) is 24.3 Å². The molecule has 5 aromatic rings. The molecule has 0 spiro atoms. The van der Waals surface area contributed by atoms with Gasteiger partial charge in [-0.05, 0) is 74.5 Å². The van der Waals surface area contributed by atoms with Crippen molar-refractivity contribution in [3.8, 4) is 22.5 Å². The molecule has 0 amide bonds. The number of rotatable bonds is 11. The third-order valence-corrected chi connectivity index (χ3v) is 9.78. The number of hydrogen-bond acceptors (Lipinski definition) is 7. The van der Waals surface area contributed by atoms with E-state index in [1.807, 2.05) is 58.5 Å². The van der Waals surface area contributed by atoms with Crippen LogP contribution in [0.15, 0.2) is 74.9 Å². The summed E-state index contributed by atoms with van der Waals surface area (Å²) in [5.41, 5.74) is 5.59. The molecule has 10 nitrogen and oxygen atoms in total. The molecule has 2 fully saturated rings. The fourth-order valence-electron chi connectivity index (χ4n) is 7.08. The minimum Gasteiger partial charge on any atom is -0.387 e. The lowest BCUT2D eigenvalue weighted by molar-refractivity contribution is -0.0845. The second kappa shape index (κ2) is 12.5. The van der Waals surface area contributed by atoms with Gasteiger partial charge in [0.1, 0.15) is 5.65 Å². The summed E-state index contributed by atoms with van der Waals surface area (Å²) in [6.45, 7) is 4.39. The molecule has 0 radical (unpaired) electrons. The molecule has 2 aliphatic rings. The first kappa shape index (κ1) is 30.4. The highest BCUT2D eigenvalue weighted by Gasteiger charge is 2.41. The van der Waals surface area contributed by atoms with E-state index in [1.54, 1.807) is 6.20 Å². The van der Waals surface area contributed by atoms with Gasteiger partial charge in [0.05, 0.1) is 30.2 Å².